The number of piperidine rings is 1. The summed E-state index contributed by atoms with van der Waals surface area (Å²) in [7, 11) is 0. The zero-order chi connectivity index (χ0) is 20.2. The number of fused-ring (bicyclic) bond motifs is 1. The molecular formula is C20H25N5O3S. The Kier molecular flexibility index (Phi) is 6.03. The molecule has 9 heteroatoms. The lowest BCUT2D eigenvalue weighted by Gasteiger charge is -2.31. The second-order valence-electron chi connectivity index (χ2n) is 6.94. The lowest BCUT2D eigenvalue weighted by molar-refractivity contribution is 0.0685. The minimum absolute atomic E-state index is 0.0382. The summed E-state index contributed by atoms with van der Waals surface area (Å²) in [6, 6.07) is 4.09. The van der Waals surface area contributed by atoms with Crippen molar-refractivity contribution in [2.75, 3.05) is 37.4 Å². The van der Waals surface area contributed by atoms with Crippen molar-refractivity contribution >= 4 is 29.4 Å². The minimum atomic E-state index is -0.245. The summed E-state index contributed by atoms with van der Waals surface area (Å²) in [5.74, 6) is 1.54. The molecule has 0 spiro atoms. The average molecular weight is 416 g/mol. The summed E-state index contributed by atoms with van der Waals surface area (Å²) in [6.45, 7) is 4.31. The number of hydrogen-bond acceptors (Lipinski definition) is 8. The number of nitrogens with zero attached hydrogens (tertiary/aromatic N) is 5. The van der Waals surface area contributed by atoms with Gasteiger partial charge in [-0.3, -0.25) is 0 Å². The molecule has 0 radical (unpaired) electrons. The SMILES string of the molecule is CCOC(=O)N1CCC(Oc2ncnc3c2CCN3c2ccc(SC)nc2)CC1. The summed E-state index contributed by atoms with van der Waals surface area (Å²) >= 11 is 1.62. The van der Waals surface area contributed by atoms with Gasteiger partial charge in [0.15, 0.2) is 0 Å². The molecule has 8 nitrogen and oxygen atoms in total. The number of aromatic nitrogens is 3. The van der Waals surface area contributed by atoms with Crippen molar-refractivity contribution in [3.63, 3.8) is 0 Å². The highest BCUT2D eigenvalue weighted by Gasteiger charge is 2.29. The average Bonchev–Trinajstić information content (AvgIpc) is 3.20. The lowest BCUT2D eigenvalue weighted by Crippen LogP contribution is -2.42. The van der Waals surface area contributed by atoms with Crippen LogP contribution in [0.25, 0.3) is 0 Å². The standard InChI is InChI=1S/C20H25N5O3S/c1-3-27-20(26)24-9-6-15(7-10-24)28-19-16-8-11-25(18(16)22-13-23-19)14-4-5-17(29-2)21-12-14/h4-5,12-13,15H,3,6-11H2,1-2H3. The van der Waals surface area contributed by atoms with Gasteiger partial charge in [0.1, 0.15) is 18.2 Å². The van der Waals surface area contributed by atoms with Crippen LogP contribution >= 0.6 is 11.8 Å². The molecule has 2 aliphatic heterocycles. The Morgan fingerprint density at radius 1 is 1.21 bits per heavy atom. The van der Waals surface area contributed by atoms with Gasteiger partial charge in [0.2, 0.25) is 5.88 Å². The molecule has 0 saturated carbocycles. The van der Waals surface area contributed by atoms with Crippen molar-refractivity contribution < 1.29 is 14.3 Å². The van der Waals surface area contributed by atoms with Crippen molar-refractivity contribution in [3.8, 4) is 5.88 Å². The maximum absolute atomic E-state index is 11.9. The highest BCUT2D eigenvalue weighted by Crippen LogP contribution is 2.37. The summed E-state index contributed by atoms with van der Waals surface area (Å²) in [6.07, 6.45) is 7.61. The molecule has 29 heavy (non-hydrogen) atoms. The molecule has 1 amide bonds. The van der Waals surface area contributed by atoms with E-state index in [0.29, 0.717) is 25.6 Å². The van der Waals surface area contributed by atoms with Crippen LogP contribution in [0.5, 0.6) is 5.88 Å². The quantitative estimate of drug-likeness (QED) is 0.688. The van der Waals surface area contributed by atoms with E-state index in [0.717, 1.165) is 47.9 Å². The van der Waals surface area contributed by atoms with Gasteiger partial charge in [0, 0.05) is 32.5 Å². The largest absolute Gasteiger partial charge is 0.474 e. The third-order valence-corrected chi connectivity index (χ3v) is 5.87. The number of hydrogen-bond donors (Lipinski definition) is 0. The van der Waals surface area contributed by atoms with Crippen LogP contribution < -0.4 is 9.64 Å². The number of thioether (sulfide) groups is 1. The Morgan fingerprint density at radius 3 is 2.72 bits per heavy atom. The molecule has 0 aliphatic carbocycles. The smallest absolute Gasteiger partial charge is 0.409 e. The number of carbonyl (C=O) groups is 1. The number of ether oxygens (including phenoxy) is 2. The molecule has 0 aromatic carbocycles. The van der Waals surface area contributed by atoms with Crippen molar-refractivity contribution in [1.82, 2.24) is 19.9 Å². The molecule has 2 aromatic rings. The maximum Gasteiger partial charge on any atom is 0.409 e. The van der Waals surface area contributed by atoms with Gasteiger partial charge >= 0.3 is 6.09 Å². The Bertz CT molecular complexity index is 856. The number of rotatable bonds is 5. The van der Waals surface area contributed by atoms with Gasteiger partial charge in [-0.15, -0.1) is 11.8 Å². The number of pyridine rings is 1. The fourth-order valence-electron chi connectivity index (χ4n) is 3.70. The molecule has 2 aromatic heterocycles. The van der Waals surface area contributed by atoms with Crippen molar-refractivity contribution in [1.29, 1.82) is 0 Å². The van der Waals surface area contributed by atoms with E-state index >= 15 is 0 Å². The van der Waals surface area contributed by atoms with Crippen molar-refractivity contribution in [2.45, 2.75) is 37.3 Å². The number of anilines is 2. The Hall–Kier alpha value is -2.55. The Morgan fingerprint density at radius 2 is 2.03 bits per heavy atom. The molecule has 4 heterocycles. The highest BCUT2D eigenvalue weighted by atomic mass is 32.2. The van der Waals surface area contributed by atoms with Crippen LogP contribution in [-0.2, 0) is 11.2 Å². The summed E-state index contributed by atoms with van der Waals surface area (Å²) in [5.41, 5.74) is 2.06. The summed E-state index contributed by atoms with van der Waals surface area (Å²) in [5, 5.41) is 0.994. The van der Waals surface area contributed by atoms with Gasteiger partial charge < -0.3 is 19.3 Å². The Labute approximate surface area is 174 Å². The zero-order valence-electron chi connectivity index (χ0n) is 16.7. The van der Waals surface area contributed by atoms with E-state index in [4.69, 9.17) is 9.47 Å². The third kappa shape index (κ3) is 4.24. The van der Waals surface area contributed by atoms with Gasteiger partial charge in [-0.25, -0.2) is 19.7 Å². The first-order valence-corrected chi connectivity index (χ1v) is 11.1. The van der Waals surface area contributed by atoms with Gasteiger partial charge in [0.05, 0.1) is 29.1 Å². The van der Waals surface area contributed by atoms with Crippen LogP contribution in [-0.4, -0.2) is 64.5 Å². The molecule has 0 atom stereocenters. The van der Waals surface area contributed by atoms with Crippen molar-refractivity contribution in [3.05, 3.63) is 30.2 Å². The first kappa shape index (κ1) is 19.8. The molecule has 0 bridgehead atoms. The van der Waals surface area contributed by atoms with Crippen LogP contribution in [0.15, 0.2) is 29.7 Å². The van der Waals surface area contributed by atoms with E-state index in [2.05, 4.69) is 25.9 Å². The van der Waals surface area contributed by atoms with Gasteiger partial charge in [-0.05, 0) is 31.7 Å². The molecular weight excluding hydrogens is 390 g/mol. The van der Waals surface area contributed by atoms with E-state index < -0.39 is 0 Å². The van der Waals surface area contributed by atoms with Crippen molar-refractivity contribution in [2.24, 2.45) is 0 Å². The predicted octanol–water partition coefficient (Wildman–Crippen LogP) is 3.29. The second-order valence-corrected chi connectivity index (χ2v) is 7.77. The molecule has 4 rings (SSSR count). The fourth-order valence-corrected chi connectivity index (χ4v) is 4.07. The Balaban J connectivity index is 1.43. The molecule has 154 valence electrons. The van der Waals surface area contributed by atoms with Crippen LogP contribution in [0.4, 0.5) is 16.3 Å². The monoisotopic (exact) mass is 415 g/mol. The number of likely N-dealkylation sites (tertiary alicyclic amines) is 1. The normalized spacial score (nSPS) is 16.6. The molecule has 0 N–H and O–H groups in total. The zero-order valence-corrected chi connectivity index (χ0v) is 17.5. The topological polar surface area (TPSA) is 80.7 Å². The fraction of sp³-hybridized carbons (Fsp3) is 0.500. The highest BCUT2D eigenvalue weighted by molar-refractivity contribution is 7.98. The maximum atomic E-state index is 11.9. The first-order chi connectivity index (χ1) is 14.2. The summed E-state index contributed by atoms with van der Waals surface area (Å²) < 4.78 is 11.3. The lowest BCUT2D eigenvalue weighted by atomic mass is 10.1. The van der Waals surface area contributed by atoms with E-state index in [1.165, 1.54) is 0 Å². The van der Waals surface area contributed by atoms with E-state index in [1.807, 2.05) is 25.4 Å². The van der Waals surface area contributed by atoms with Crippen LogP contribution in [0, 0.1) is 0 Å². The van der Waals surface area contributed by atoms with E-state index in [1.54, 1.807) is 23.0 Å². The second kappa shape index (κ2) is 8.86. The van der Waals surface area contributed by atoms with Gasteiger partial charge in [-0.2, -0.15) is 0 Å². The minimum Gasteiger partial charge on any atom is -0.474 e. The molecule has 1 saturated heterocycles. The molecule has 0 unspecified atom stereocenters. The van der Waals surface area contributed by atoms with Crippen LogP contribution in [0.2, 0.25) is 0 Å². The summed E-state index contributed by atoms with van der Waals surface area (Å²) in [4.78, 5) is 29.1. The van der Waals surface area contributed by atoms with E-state index in [-0.39, 0.29) is 12.2 Å². The van der Waals surface area contributed by atoms with E-state index in [9.17, 15) is 4.79 Å². The predicted molar refractivity (Wildman–Crippen MR) is 111 cm³/mol. The molecule has 2 aliphatic rings. The molecule has 1 fully saturated rings. The van der Waals surface area contributed by atoms with Gasteiger partial charge in [0.25, 0.3) is 0 Å². The van der Waals surface area contributed by atoms with Gasteiger partial charge in [-0.1, -0.05) is 0 Å². The van der Waals surface area contributed by atoms with Crippen LogP contribution in [0.1, 0.15) is 25.3 Å². The number of carbonyl (C=O) groups excluding carboxylic acids is 1. The third-order valence-electron chi connectivity index (χ3n) is 5.21. The van der Waals surface area contributed by atoms with Crippen LogP contribution in [0.3, 0.4) is 0 Å². The number of amides is 1. The first-order valence-electron chi connectivity index (χ1n) is 9.89.